The van der Waals surface area contributed by atoms with Crippen LogP contribution in [0, 0.1) is 0 Å². The number of carbonyl (C=O) groups excluding carboxylic acids is 2. The smallest absolute Gasteiger partial charge is 0.254 e. The van der Waals surface area contributed by atoms with Gasteiger partial charge < -0.3 is 34.0 Å². The number of nitrogens with one attached hydrogen (secondary N) is 2. The van der Waals surface area contributed by atoms with Crippen LogP contribution in [0.1, 0.15) is 20.7 Å². The van der Waals surface area contributed by atoms with E-state index >= 15 is 0 Å². The van der Waals surface area contributed by atoms with Crippen LogP contribution in [0.5, 0.6) is 0 Å². The topological polar surface area (TPSA) is 118 Å². The molecule has 11 heteroatoms. The highest BCUT2D eigenvalue weighted by Gasteiger charge is 2.22. The third-order valence-electron chi connectivity index (χ3n) is 10.5. The number of fused-ring (bicyclic) bond motifs is 2. The summed E-state index contributed by atoms with van der Waals surface area (Å²) in [6.45, 7) is 6.52. The molecule has 0 spiro atoms. The van der Waals surface area contributed by atoms with Crippen molar-refractivity contribution >= 4 is 33.9 Å². The summed E-state index contributed by atoms with van der Waals surface area (Å²) in [5.41, 5.74) is 8.49. The number of nitrogens with zero attached hydrogens (tertiary/aromatic N) is 6. The maximum Gasteiger partial charge on any atom is 0.254 e. The second-order valence-corrected chi connectivity index (χ2v) is 14.1. The highest BCUT2D eigenvalue weighted by atomic mass is 16.3. The third-order valence-corrected chi connectivity index (χ3v) is 10.5. The first-order valence-electron chi connectivity index (χ1n) is 18.1. The van der Waals surface area contributed by atoms with Crippen LogP contribution < -0.4 is 0 Å². The number of hydrogen-bond donors (Lipinski definition) is 2. The fraction of sp³-hybridized carbons (Fsp3) is 0.238. The normalized spacial score (nSPS) is 15.8. The molecule has 2 aliphatic rings. The Morgan fingerprint density at radius 1 is 0.509 bits per heavy atom. The number of imidazole rings is 2. The van der Waals surface area contributed by atoms with Gasteiger partial charge in [-0.25, -0.2) is 9.97 Å². The maximum absolute atomic E-state index is 13.1. The highest BCUT2D eigenvalue weighted by Crippen LogP contribution is 2.32. The molecule has 0 unspecified atom stereocenters. The molecule has 0 bridgehead atoms. The molecule has 2 fully saturated rings. The van der Waals surface area contributed by atoms with Crippen LogP contribution in [0.3, 0.4) is 0 Å². The average Bonchev–Trinajstić information content (AvgIpc) is 3.97. The number of likely N-dealkylation sites (N-methyl/N-ethyl adjacent to an activating group) is 2. The number of hydrogen-bond acceptors (Lipinski definition) is 7. The molecule has 2 N–H and O–H groups in total. The van der Waals surface area contributed by atoms with E-state index in [1.165, 1.54) is 0 Å². The van der Waals surface area contributed by atoms with E-state index in [0.29, 0.717) is 11.1 Å². The van der Waals surface area contributed by atoms with Crippen molar-refractivity contribution in [3.8, 4) is 45.4 Å². The van der Waals surface area contributed by atoms with Crippen LogP contribution >= 0.6 is 0 Å². The lowest BCUT2D eigenvalue weighted by molar-refractivity contribution is 0.0657. The minimum absolute atomic E-state index is 0.0609. The molecule has 2 aliphatic heterocycles. The van der Waals surface area contributed by atoms with E-state index in [0.717, 1.165) is 120 Å². The Morgan fingerprint density at radius 3 is 1.28 bits per heavy atom. The van der Waals surface area contributed by atoms with Crippen molar-refractivity contribution < 1.29 is 14.0 Å². The van der Waals surface area contributed by atoms with E-state index < -0.39 is 0 Å². The van der Waals surface area contributed by atoms with Gasteiger partial charge in [-0.3, -0.25) is 9.59 Å². The standard InChI is InChI=1S/C42H40N8O3/c1-47-17-21-49(22-18-47)41(51)31-11-13-33-35(25-31)45-39(43-33)29-7-3-27(4-8-29)37-15-16-38(53-37)28-5-9-30(10-6-28)40-44-34-14-12-32(26-36(34)46-40)42(52)50-23-19-48(2)20-24-50/h3-16,25-26H,17-24H2,1-2H3,(H,43,45)(H,44,46). The molecule has 4 aromatic carbocycles. The number of benzene rings is 4. The van der Waals surface area contributed by atoms with E-state index in [9.17, 15) is 9.59 Å². The van der Waals surface area contributed by atoms with Gasteiger partial charge in [-0.1, -0.05) is 48.5 Å². The van der Waals surface area contributed by atoms with E-state index in [2.05, 4.69) is 33.9 Å². The number of piperazine rings is 2. The van der Waals surface area contributed by atoms with Crippen molar-refractivity contribution in [2.75, 3.05) is 66.5 Å². The van der Waals surface area contributed by atoms with Crippen LogP contribution in [-0.2, 0) is 0 Å². The number of H-pyrrole nitrogens is 2. The van der Waals surface area contributed by atoms with Gasteiger partial charge in [0.15, 0.2) is 0 Å². The molecule has 11 nitrogen and oxygen atoms in total. The van der Waals surface area contributed by atoms with Gasteiger partial charge in [0.05, 0.1) is 22.1 Å². The Kier molecular flexibility index (Phi) is 8.36. The van der Waals surface area contributed by atoms with Gasteiger partial charge in [-0.2, -0.15) is 0 Å². The van der Waals surface area contributed by atoms with Crippen molar-refractivity contribution in [3.05, 3.63) is 108 Å². The van der Waals surface area contributed by atoms with Crippen LogP contribution in [0.25, 0.3) is 67.5 Å². The molecule has 5 heterocycles. The molecule has 0 radical (unpaired) electrons. The summed E-state index contributed by atoms with van der Waals surface area (Å²) < 4.78 is 6.30. The number of furan rings is 1. The molecule has 0 atom stereocenters. The van der Waals surface area contributed by atoms with Gasteiger partial charge in [0.25, 0.3) is 11.8 Å². The van der Waals surface area contributed by atoms with Crippen molar-refractivity contribution in [3.63, 3.8) is 0 Å². The SMILES string of the molecule is CN1CCN(C(=O)c2ccc3nc(-c4ccc(-c5ccc(-c6ccc(-c7nc8ccc(C(=O)N9CCN(C)CC9)cc8[nH]7)cc6)o5)cc4)[nH]c3c2)CC1. The number of amides is 2. The second-order valence-electron chi connectivity index (χ2n) is 14.1. The van der Waals surface area contributed by atoms with Gasteiger partial charge in [-0.15, -0.1) is 0 Å². The van der Waals surface area contributed by atoms with Gasteiger partial charge >= 0.3 is 0 Å². The van der Waals surface area contributed by atoms with Gasteiger partial charge in [0.2, 0.25) is 0 Å². The Hall–Kier alpha value is -6.04. The first kappa shape index (κ1) is 32.8. The predicted octanol–water partition coefficient (Wildman–Crippen LogP) is 6.48. The maximum atomic E-state index is 13.1. The first-order valence-corrected chi connectivity index (χ1v) is 18.1. The molecule has 53 heavy (non-hydrogen) atoms. The fourth-order valence-corrected chi connectivity index (χ4v) is 7.18. The lowest BCUT2D eigenvalue weighted by Crippen LogP contribution is -2.47. The second kappa shape index (κ2) is 13.5. The Morgan fingerprint density at radius 2 is 0.887 bits per heavy atom. The molecule has 2 saturated heterocycles. The summed E-state index contributed by atoms with van der Waals surface area (Å²) in [4.78, 5) is 51.0. The monoisotopic (exact) mass is 704 g/mol. The molecular weight excluding hydrogens is 665 g/mol. The van der Waals surface area contributed by atoms with E-state index in [1.807, 2.05) is 107 Å². The van der Waals surface area contributed by atoms with Crippen LogP contribution in [0.4, 0.5) is 0 Å². The van der Waals surface area contributed by atoms with E-state index in [1.54, 1.807) is 0 Å². The van der Waals surface area contributed by atoms with Crippen LogP contribution in [0.15, 0.2) is 101 Å². The zero-order valence-corrected chi connectivity index (χ0v) is 29.8. The van der Waals surface area contributed by atoms with Crippen LogP contribution in [-0.4, -0.2) is 118 Å². The minimum atomic E-state index is 0.0609. The third kappa shape index (κ3) is 6.49. The average molecular weight is 705 g/mol. The first-order chi connectivity index (χ1) is 25.8. The zero-order chi connectivity index (χ0) is 36.1. The number of aromatic nitrogens is 4. The molecule has 0 aliphatic carbocycles. The zero-order valence-electron chi connectivity index (χ0n) is 29.8. The largest absolute Gasteiger partial charge is 0.456 e. The summed E-state index contributed by atoms with van der Waals surface area (Å²) in [6, 6.07) is 31.6. The van der Waals surface area contributed by atoms with Crippen molar-refractivity contribution in [2.45, 2.75) is 0 Å². The highest BCUT2D eigenvalue weighted by molar-refractivity contribution is 5.98. The van der Waals surface area contributed by atoms with E-state index in [4.69, 9.17) is 14.4 Å². The molecular formula is C42H40N8O3. The lowest BCUT2D eigenvalue weighted by atomic mass is 10.1. The minimum Gasteiger partial charge on any atom is -0.456 e. The molecule has 266 valence electrons. The molecule has 0 saturated carbocycles. The van der Waals surface area contributed by atoms with Gasteiger partial charge in [-0.05, 0) is 62.6 Å². The fourth-order valence-electron chi connectivity index (χ4n) is 7.18. The summed E-state index contributed by atoms with van der Waals surface area (Å²) in [5.74, 6) is 3.16. The number of carbonyl (C=O) groups is 2. The molecule has 9 rings (SSSR count). The summed E-state index contributed by atoms with van der Waals surface area (Å²) in [6.07, 6.45) is 0. The quantitative estimate of drug-likeness (QED) is 0.204. The number of aromatic amines is 2. The Labute approximate surface area is 306 Å². The van der Waals surface area contributed by atoms with Crippen molar-refractivity contribution in [1.82, 2.24) is 39.5 Å². The Bertz CT molecular complexity index is 2270. The van der Waals surface area contributed by atoms with Crippen molar-refractivity contribution in [1.29, 1.82) is 0 Å². The van der Waals surface area contributed by atoms with Crippen LogP contribution in [0.2, 0.25) is 0 Å². The molecule has 3 aromatic heterocycles. The predicted molar refractivity (Wildman–Crippen MR) is 207 cm³/mol. The summed E-state index contributed by atoms with van der Waals surface area (Å²) >= 11 is 0. The van der Waals surface area contributed by atoms with Crippen molar-refractivity contribution in [2.24, 2.45) is 0 Å². The summed E-state index contributed by atoms with van der Waals surface area (Å²) in [7, 11) is 4.17. The number of rotatable bonds is 6. The summed E-state index contributed by atoms with van der Waals surface area (Å²) in [5, 5.41) is 0. The van der Waals surface area contributed by atoms with E-state index in [-0.39, 0.29) is 11.8 Å². The lowest BCUT2D eigenvalue weighted by Gasteiger charge is -2.32. The Balaban J connectivity index is 0.872. The van der Waals surface area contributed by atoms with Gasteiger partial charge in [0.1, 0.15) is 23.2 Å². The van der Waals surface area contributed by atoms with Gasteiger partial charge in [0, 0.05) is 85.7 Å². The molecule has 7 aromatic rings. The molecule has 2 amide bonds.